The average Bonchev–Trinajstić information content (AvgIpc) is 2.05. The first kappa shape index (κ1) is 11.1. The van der Waals surface area contributed by atoms with Crippen LogP contribution in [0, 0.1) is 0 Å². The minimum atomic E-state index is -0.172. The number of hydrogen-bond donors (Lipinski definition) is 2. The Morgan fingerprint density at radius 1 is 1.33 bits per heavy atom. The van der Waals surface area contributed by atoms with Gasteiger partial charge in [0.05, 0.1) is 0 Å². The Morgan fingerprint density at radius 2 is 1.83 bits per heavy atom. The van der Waals surface area contributed by atoms with Crippen LogP contribution in [0.1, 0.15) is 6.92 Å². The molecule has 0 aliphatic carbocycles. The molecule has 5 nitrogen and oxygen atoms in total. The summed E-state index contributed by atoms with van der Waals surface area (Å²) in [4.78, 5) is 11.4. The molecule has 0 unspecified atom stereocenters. The van der Waals surface area contributed by atoms with Crippen LogP contribution in [0.15, 0.2) is 12.2 Å². The third kappa shape index (κ3) is 2.61. The monoisotopic (exact) mass is 172 g/mol. The van der Waals surface area contributed by atoms with E-state index >= 15 is 0 Å². The van der Waals surface area contributed by atoms with Gasteiger partial charge in [0, 0.05) is 26.7 Å². The molecule has 5 heteroatoms. The number of nitrogens with zero attached hydrogens (tertiary/aromatic N) is 2. The van der Waals surface area contributed by atoms with E-state index in [-0.39, 0.29) is 5.91 Å². The lowest BCUT2D eigenvalue weighted by Gasteiger charge is -2.29. The summed E-state index contributed by atoms with van der Waals surface area (Å²) < 4.78 is 0. The van der Waals surface area contributed by atoms with Crippen molar-refractivity contribution in [2.75, 3.05) is 21.1 Å². The van der Waals surface area contributed by atoms with Crippen LogP contribution < -0.4 is 10.9 Å². The molecule has 0 atom stereocenters. The maximum absolute atomic E-state index is 11.4. The summed E-state index contributed by atoms with van der Waals surface area (Å²) in [5.74, 6) is -0.172. The van der Waals surface area contributed by atoms with E-state index < -0.39 is 0 Å². The van der Waals surface area contributed by atoms with E-state index in [4.69, 9.17) is 0 Å². The largest absolute Gasteiger partial charge is 0.279 e. The predicted molar refractivity (Wildman–Crippen MR) is 47.5 cm³/mol. The van der Waals surface area contributed by atoms with Gasteiger partial charge in [0.2, 0.25) is 0 Å². The van der Waals surface area contributed by atoms with Gasteiger partial charge >= 0.3 is 0 Å². The number of amides is 1. The van der Waals surface area contributed by atoms with Crippen molar-refractivity contribution in [3.8, 4) is 0 Å². The quantitative estimate of drug-likeness (QED) is 0.443. The van der Waals surface area contributed by atoms with E-state index in [0.29, 0.717) is 5.57 Å². The van der Waals surface area contributed by atoms with Crippen LogP contribution >= 0.6 is 0 Å². The molecule has 2 N–H and O–H groups in total. The zero-order chi connectivity index (χ0) is 9.72. The number of hydrogen-bond acceptors (Lipinski definition) is 4. The standard InChI is InChI=1S/C7H16N4O/c1-6(2)7(12)11(9-4)10(5)8-3/h8-9H,1H2,2-5H3. The van der Waals surface area contributed by atoms with Crippen LogP contribution in [0.3, 0.4) is 0 Å². The third-order valence-electron chi connectivity index (χ3n) is 1.39. The van der Waals surface area contributed by atoms with Crippen LogP contribution in [0.5, 0.6) is 0 Å². The van der Waals surface area contributed by atoms with Crippen molar-refractivity contribution < 1.29 is 4.79 Å². The normalized spacial score (nSPS) is 10.1. The molecular formula is C7H16N4O. The summed E-state index contributed by atoms with van der Waals surface area (Å²) in [6.07, 6.45) is 0. The number of hydrazine groups is 3. The third-order valence-corrected chi connectivity index (χ3v) is 1.39. The second kappa shape index (κ2) is 4.87. The van der Waals surface area contributed by atoms with Gasteiger partial charge < -0.3 is 0 Å². The molecule has 0 fully saturated rings. The topological polar surface area (TPSA) is 47.6 Å². The van der Waals surface area contributed by atoms with Gasteiger partial charge in [-0.1, -0.05) is 6.58 Å². The van der Waals surface area contributed by atoms with E-state index in [1.807, 2.05) is 0 Å². The first-order chi connectivity index (χ1) is 5.54. The van der Waals surface area contributed by atoms with Crippen LogP contribution in [-0.4, -0.2) is 37.3 Å². The summed E-state index contributed by atoms with van der Waals surface area (Å²) in [7, 11) is 5.10. The number of carbonyl (C=O) groups is 1. The van der Waals surface area contributed by atoms with Gasteiger partial charge in [-0.15, -0.1) is 5.12 Å². The summed E-state index contributed by atoms with van der Waals surface area (Å²) in [6, 6.07) is 0. The number of rotatable bonds is 4. The van der Waals surface area contributed by atoms with E-state index in [1.54, 1.807) is 28.1 Å². The Balaban J connectivity index is 4.34. The minimum absolute atomic E-state index is 0.172. The molecule has 70 valence electrons. The van der Waals surface area contributed by atoms with Crippen LogP contribution in [0.4, 0.5) is 0 Å². The molecule has 0 aliphatic heterocycles. The maximum Gasteiger partial charge on any atom is 0.279 e. The zero-order valence-electron chi connectivity index (χ0n) is 8.01. The zero-order valence-corrected chi connectivity index (χ0v) is 8.01. The molecule has 0 heterocycles. The van der Waals surface area contributed by atoms with Crippen LogP contribution in [0.25, 0.3) is 0 Å². The fourth-order valence-electron chi connectivity index (χ4n) is 0.669. The van der Waals surface area contributed by atoms with Crippen molar-refractivity contribution in [2.45, 2.75) is 6.92 Å². The number of carbonyl (C=O) groups excluding carboxylic acids is 1. The first-order valence-electron chi connectivity index (χ1n) is 3.63. The van der Waals surface area contributed by atoms with Gasteiger partial charge in [-0.05, 0) is 6.92 Å². The molecule has 0 aliphatic rings. The second-order valence-electron chi connectivity index (χ2n) is 2.37. The lowest BCUT2D eigenvalue weighted by molar-refractivity contribution is -0.154. The molecule has 0 saturated carbocycles. The highest BCUT2D eigenvalue weighted by atomic mass is 16.2. The van der Waals surface area contributed by atoms with E-state index in [9.17, 15) is 4.79 Å². The van der Waals surface area contributed by atoms with Crippen molar-refractivity contribution in [1.29, 1.82) is 0 Å². The summed E-state index contributed by atoms with van der Waals surface area (Å²) in [5.41, 5.74) is 5.98. The fraction of sp³-hybridized carbons (Fsp3) is 0.571. The molecule has 0 bridgehead atoms. The molecule has 0 aromatic heterocycles. The maximum atomic E-state index is 11.4. The lowest BCUT2D eigenvalue weighted by Crippen LogP contribution is -2.55. The van der Waals surface area contributed by atoms with Crippen molar-refractivity contribution in [2.24, 2.45) is 0 Å². The van der Waals surface area contributed by atoms with Gasteiger partial charge in [-0.3, -0.25) is 4.79 Å². The molecule has 0 spiro atoms. The van der Waals surface area contributed by atoms with Crippen LogP contribution in [-0.2, 0) is 4.79 Å². The van der Waals surface area contributed by atoms with Gasteiger partial charge in [0.15, 0.2) is 0 Å². The van der Waals surface area contributed by atoms with E-state index in [0.717, 1.165) is 0 Å². The molecule has 12 heavy (non-hydrogen) atoms. The highest BCUT2D eigenvalue weighted by Gasteiger charge is 2.15. The lowest BCUT2D eigenvalue weighted by atomic mass is 10.3. The number of nitrogens with one attached hydrogen (secondary N) is 2. The fourth-order valence-corrected chi connectivity index (χ4v) is 0.669. The van der Waals surface area contributed by atoms with E-state index in [2.05, 4.69) is 17.4 Å². The minimum Gasteiger partial charge on any atom is -0.266 e. The van der Waals surface area contributed by atoms with Gasteiger partial charge in [-0.2, -0.15) is 5.12 Å². The smallest absolute Gasteiger partial charge is 0.266 e. The average molecular weight is 172 g/mol. The van der Waals surface area contributed by atoms with Crippen molar-refractivity contribution in [3.05, 3.63) is 12.2 Å². The first-order valence-corrected chi connectivity index (χ1v) is 3.63. The van der Waals surface area contributed by atoms with E-state index in [1.165, 1.54) is 10.2 Å². The van der Waals surface area contributed by atoms with Crippen molar-refractivity contribution in [3.63, 3.8) is 0 Å². The molecule has 0 saturated heterocycles. The molecular weight excluding hydrogens is 156 g/mol. The summed E-state index contributed by atoms with van der Waals surface area (Å²) in [5, 5.41) is 2.85. The Morgan fingerprint density at radius 3 is 2.08 bits per heavy atom. The molecule has 1 amide bonds. The van der Waals surface area contributed by atoms with Crippen molar-refractivity contribution in [1.82, 2.24) is 21.1 Å². The molecule has 0 aromatic carbocycles. The Hall–Kier alpha value is -0.910. The second-order valence-corrected chi connectivity index (χ2v) is 2.37. The SMILES string of the molecule is C=C(C)C(=O)N(NC)N(C)NC. The van der Waals surface area contributed by atoms with Gasteiger partial charge in [0.25, 0.3) is 5.91 Å². The highest BCUT2D eigenvalue weighted by molar-refractivity contribution is 5.91. The summed E-state index contributed by atoms with van der Waals surface area (Å²) >= 11 is 0. The Labute approximate surface area is 72.9 Å². The van der Waals surface area contributed by atoms with Gasteiger partial charge in [-0.25, -0.2) is 10.9 Å². The predicted octanol–water partition coefficient (Wildman–Crippen LogP) is -0.493. The van der Waals surface area contributed by atoms with Crippen molar-refractivity contribution >= 4 is 5.91 Å². The van der Waals surface area contributed by atoms with Gasteiger partial charge in [0.1, 0.15) is 0 Å². The highest BCUT2D eigenvalue weighted by Crippen LogP contribution is 1.95. The molecule has 0 aromatic rings. The summed E-state index contributed by atoms with van der Waals surface area (Å²) in [6.45, 7) is 5.22. The Bertz CT molecular complexity index is 180. The molecule has 0 radical (unpaired) electrons. The van der Waals surface area contributed by atoms with Crippen LogP contribution in [0.2, 0.25) is 0 Å². The molecule has 0 rings (SSSR count). The Kier molecular flexibility index (Phi) is 4.50.